The molecule has 2 aromatic rings. The van der Waals surface area contributed by atoms with Crippen molar-refractivity contribution < 1.29 is 9.52 Å². The van der Waals surface area contributed by atoms with E-state index in [1.54, 1.807) is 37.0 Å². The molecule has 0 spiro atoms. The van der Waals surface area contributed by atoms with Crippen LogP contribution in [0.15, 0.2) is 41.4 Å². The van der Waals surface area contributed by atoms with Crippen molar-refractivity contribution in [2.24, 2.45) is 0 Å². The average molecular weight is 233 g/mol. The molecular weight excluding hydrogens is 218 g/mol. The molecule has 0 aromatic carbocycles. The maximum Gasteiger partial charge on any atom is 0.133 e. The second-order valence-electron chi connectivity index (χ2n) is 3.79. The van der Waals surface area contributed by atoms with Gasteiger partial charge in [0, 0.05) is 31.2 Å². The highest BCUT2D eigenvalue weighted by Crippen LogP contribution is 2.14. The Bertz CT molecular complexity index is 430. The lowest BCUT2D eigenvalue weighted by Gasteiger charge is -2.15. The fourth-order valence-corrected chi connectivity index (χ4v) is 1.51. The molecule has 90 valence electrons. The molecule has 0 amide bonds. The summed E-state index contributed by atoms with van der Waals surface area (Å²) in [5.41, 5.74) is 0.846. The third-order valence-corrected chi connectivity index (χ3v) is 2.52. The quantitative estimate of drug-likeness (QED) is 0.818. The number of nitrogens with zero attached hydrogens (tertiary/aromatic N) is 2. The molecule has 2 atom stereocenters. The summed E-state index contributed by atoms with van der Waals surface area (Å²) in [7, 11) is 0. The van der Waals surface area contributed by atoms with Gasteiger partial charge in [0.2, 0.25) is 0 Å². The van der Waals surface area contributed by atoms with E-state index in [1.807, 2.05) is 6.92 Å². The fourth-order valence-electron chi connectivity index (χ4n) is 1.51. The summed E-state index contributed by atoms with van der Waals surface area (Å²) in [6.07, 6.45) is 5.88. The number of nitrogens with one attached hydrogen (secondary N) is 1. The molecule has 0 bridgehead atoms. The maximum atomic E-state index is 9.81. The molecule has 0 saturated heterocycles. The van der Waals surface area contributed by atoms with Crippen LogP contribution in [0, 0.1) is 0 Å². The van der Waals surface area contributed by atoms with E-state index < -0.39 is 6.10 Å². The van der Waals surface area contributed by atoms with Gasteiger partial charge in [0.15, 0.2) is 0 Å². The van der Waals surface area contributed by atoms with Gasteiger partial charge in [0.05, 0.1) is 12.0 Å². The summed E-state index contributed by atoms with van der Waals surface area (Å²) in [6, 6.07) is 3.54. The Labute approximate surface area is 99.5 Å². The van der Waals surface area contributed by atoms with Crippen molar-refractivity contribution >= 4 is 0 Å². The Morgan fingerprint density at radius 1 is 1.47 bits per heavy atom. The number of aromatic nitrogens is 2. The van der Waals surface area contributed by atoms with Gasteiger partial charge >= 0.3 is 0 Å². The van der Waals surface area contributed by atoms with E-state index in [-0.39, 0.29) is 6.04 Å². The molecule has 2 aromatic heterocycles. The number of furan rings is 1. The first-order valence-corrected chi connectivity index (χ1v) is 5.48. The Morgan fingerprint density at radius 2 is 2.35 bits per heavy atom. The van der Waals surface area contributed by atoms with E-state index >= 15 is 0 Å². The van der Waals surface area contributed by atoms with Crippen molar-refractivity contribution in [2.45, 2.75) is 19.1 Å². The van der Waals surface area contributed by atoms with E-state index in [2.05, 4.69) is 15.3 Å². The summed E-state index contributed by atoms with van der Waals surface area (Å²) in [5.74, 6) is 0.559. The molecule has 2 N–H and O–H groups in total. The highest BCUT2D eigenvalue weighted by Gasteiger charge is 2.13. The van der Waals surface area contributed by atoms with Gasteiger partial charge in [0.1, 0.15) is 11.9 Å². The number of rotatable bonds is 5. The van der Waals surface area contributed by atoms with Crippen LogP contribution in [0.5, 0.6) is 0 Å². The van der Waals surface area contributed by atoms with Crippen molar-refractivity contribution in [3.05, 3.63) is 48.4 Å². The van der Waals surface area contributed by atoms with Crippen molar-refractivity contribution in [3.8, 4) is 0 Å². The minimum Gasteiger partial charge on any atom is -0.467 e. The fraction of sp³-hybridized carbons (Fsp3) is 0.333. The summed E-state index contributed by atoms with van der Waals surface area (Å²) >= 11 is 0. The molecule has 0 saturated carbocycles. The van der Waals surface area contributed by atoms with Crippen molar-refractivity contribution in [3.63, 3.8) is 0 Å². The zero-order chi connectivity index (χ0) is 12.1. The number of aliphatic hydroxyl groups is 1. The van der Waals surface area contributed by atoms with Gasteiger partial charge in [0.25, 0.3) is 0 Å². The van der Waals surface area contributed by atoms with Crippen molar-refractivity contribution in [1.29, 1.82) is 0 Å². The average Bonchev–Trinajstić information content (AvgIpc) is 2.90. The van der Waals surface area contributed by atoms with Crippen LogP contribution < -0.4 is 5.32 Å². The molecule has 0 radical (unpaired) electrons. The van der Waals surface area contributed by atoms with Crippen LogP contribution in [0.1, 0.15) is 30.5 Å². The summed E-state index contributed by atoms with van der Waals surface area (Å²) < 4.78 is 5.12. The predicted molar refractivity (Wildman–Crippen MR) is 62.1 cm³/mol. The van der Waals surface area contributed by atoms with Crippen LogP contribution in [-0.2, 0) is 0 Å². The minimum atomic E-state index is -0.649. The molecule has 2 heterocycles. The van der Waals surface area contributed by atoms with Gasteiger partial charge in [-0.15, -0.1) is 0 Å². The van der Waals surface area contributed by atoms with Crippen LogP contribution in [-0.4, -0.2) is 21.6 Å². The predicted octanol–water partition coefficient (Wildman–Crippen LogP) is 1.45. The number of aliphatic hydroxyl groups excluding tert-OH is 1. The van der Waals surface area contributed by atoms with Gasteiger partial charge in [-0.05, 0) is 19.1 Å². The third-order valence-electron chi connectivity index (χ3n) is 2.52. The van der Waals surface area contributed by atoms with Gasteiger partial charge < -0.3 is 14.8 Å². The minimum absolute atomic E-state index is 0.0355. The molecule has 5 heteroatoms. The van der Waals surface area contributed by atoms with E-state index in [4.69, 9.17) is 4.42 Å². The summed E-state index contributed by atoms with van der Waals surface area (Å²) in [5, 5.41) is 13.0. The smallest absolute Gasteiger partial charge is 0.133 e. The Kier molecular flexibility index (Phi) is 3.85. The monoisotopic (exact) mass is 233 g/mol. The molecule has 17 heavy (non-hydrogen) atoms. The first-order chi connectivity index (χ1) is 8.27. The largest absolute Gasteiger partial charge is 0.467 e. The second-order valence-corrected chi connectivity index (χ2v) is 3.79. The molecule has 5 nitrogen and oxygen atoms in total. The zero-order valence-corrected chi connectivity index (χ0v) is 9.58. The van der Waals surface area contributed by atoms with Crippen LogP contribution in [0.4, 0.5) is 0 Å². The molecule has 2 unspecified atom stereocenters. The Morgan fingerprint density at radius 3 is 3.00 bits per heavy atom. The molecule has 0 aliphatic carbocycles. The second kappa shape index (κ2) is 5.56. The summed E-state index contributed by atoms with van der Waals surface area (Å²) in [4.78, 5) is 8.19. The third kappa shape index (κ3) is 3.12. The van der Waals surface area contributed by atoms with Crippen LogP contribution in [0.25, 0.3) is 0 Å². The molecule has 0 fully saturated rings. The van der Waals surface area contributed by atoms with E-state index in [0.29, 0.717) is 12.3 Å². The standard InChI is InChI=1S/C12H15N3O2/c1-9(10-7-13-4-5-14-10)15-8-11(16)12-3-2-6-17-12/h2-7,9,11,15-16H,8H2,1H3. The lowest BCUT2D eigenvalue weighted by atomic mass is 10.2. The van der Waals surface area contributed by atoms with Crippen molar-refractivity contribution in [1.82, 2.24) is 15.3 Å². The van der Waals surface area contributed by atoms with Gasteiger partial charge in [-0.25, -0.2) is 0 Å². The first kappa shape index (κ1) is 11.8. The maximum absolute atomic E-state index is 9.81. The first-order valence-electron chi connectivity index (χ1n) is 5.48. The highest BCUT2D eigenvalue weighted by molar-refractivity contribution is 5.04. The lowest BCUT2D eigenvalue weighted by molar-refractivity contribution is 0.144. The SMILES string of the molecule is CC(NCC(O)c1ccco1)c1cnccn1. The molecule has 0 aliphatic heterocycles. The molecule has 2 rings (SSSR count). The van der Waals surface area contributed by atoms with Gasteiger partial charge in [-0.3, -0.25) is 9.97 Å². The summed E-state index contributed by atoms with van der Waals surface area (Å²) in [6.45, 7) is 2.38. The van der Waals surface area contributed by atoms with Crippen LogP contribution in [0.2, 0.25) is 0 Å². The van der Waals surface area contributed by atoms with Gasteiger partial charge in [-0.2, -0.15) is 0 Å². The van der Waals surface area contributed by atoms with Crippen LogP contribution >= 0.6 is 0 Å². The zero-order valence-electron chi connectivity index (χ0n) is 9.58. The Hall–Kier alpha value is -1.72. The molecular formula is C12H15N3O2. The topological polar surface area (TPSA) is 71.2 Å². The number of hydrogen-bond acceptors (Lipinski definition) is 5. The lowest BCUT2D eigenvalue weighted by Crippen LogP contribution is -2.25. The number of hydrogen-bond donors (Lipinski definition) is 2. The van der Waals surface area contributed by atoms with Gasteiger partial charge in [-0.1, -0.05) is 0 Å². The van der Waals surface area contributed by atoms with E-state index in [1.165, 1.54) is 0 Å². The highest BCUT2D eigenvalue weighted by atomic mass is 16.4. The van der Waals surface area contributed by atoms with Crippen LogP contribution in [0.3, 0.4) is 0 Å². The van der Waals surface area contributed by atoms with Crippen molar-refractivity contribution in [2.75, 3.05) is 6.54 Å². The Balaban J connectivity index is 1.86. The van der Waals surface area contributed by atoms with E-state index in [9.17, 15) is 5.11 Å². The van der Waals surface area contributed by atoms with E-state index in [0.717, 1.165) is 5.69 Å². The normalized spacial score (nSPS) is 14.5. The molecule has 0 aliphatic rings.